The Morgan fingerprint density at radius 3 is 2.53 bits per heavy atom. The fourth-order valence-electron chi connectivity index (χ4n) is 2.86. The number of rotatable bonds is 10. The van der Waals surface area contributed by atoms with E-state index in [0.29, 0.717) is 22.2 Å². The van der Waals surface area contributed by atoms with Crippen molar-refractivity contribution in [1.82, 2.24) is 10.2 Å². The third-order valence-corrected chi connectivity index (χ3v) is 5.17. The summed E-state index contributed by atoms with van der Waals surface area (Å²) in [5, 5.41) is 14.5. The average Bonchev–Trinajstić information content (AvgIpc) is 2.76. The molecule has 11 heteroatoms. The molecule has 2 rings (SSSR count). The van der Waals surface area contributed by atoms with Gasteiger partial charge in [-0.05, 0) is 37.6 Å². The van der Waals surface area contributed by atoms with Gasteiger partial charge in [-0.1, -0.05) is 29.3 Å². The number of amides is 2. The van der Waals surface area contributed by atoms with Crippen molar-refractivity contribution in [3.05, 3.63) is 62.1 Å². The van der Waals surface area contributed by atoms with Crippen molar-refractivity contribution >= 4 is 40.7 Å². The third kappa shape index (κ3) is 6.48. The molecule has 0 aromatic heterocycles. The Balaban J connectivity index is 2.22. The van der Waals surface area contributed by atoms with Crippen molar-refractivity contribution in [1.29, 1.82) is 0 Å². The number of carbonyl (C=O) groups is 2. The van der Waals surface area contributed by atoms with Crippen molar-refractivity contribution in [2.24, 2.45) is 0 Å². The lowest BCUT2D eigenvalue weighted by atomic mass is 10.1. The van der Waals surface area contributed by atoms with E-state index in [-0.39, 0.29) is 29.6 Å². The Morgan fingerprint density at radius 1 is 1.22 bits per heavy atom. The fourth-order valence-corrected chi connectivity index (χ4v) is 3.33. The van der Waals surface area contributed by atoms with E-state index in [9.17, 15) is 19.7 Å². The van der Waals surface area contributed by atoms with E-state index in [1.54, 1.807) is 32.0 Å². The number of likely N-dealkylation sites (N-methyl/N-ethyl adjacent to an activating group) is 1. The predicted octanol–water partition coefficient (Wildman–Crippen LogP) is 3.84. The number of hydrogen-bond donors (Lipinski definition) is 1. The van der Waals surface area contributed by atoms with Crippen molar-refractivity contribution < 1.29 is 24.0 Å². The Kier molecular flexibility index (Phi) is 9.10. The third-order valence-electron chi connectivity index (χ3n) is 4.58. The maximum Gasteiger partial charge on any atom is 0.311 e. The topological polar surface area (TPSA) is 111 Å². The number of carbonyl (C=O) groups excluding carboxylic acids is 2. The van der Waals surface area contributed by atoms with Gasteiger partial charge in [-0.15, -0.1) is 0 Å². The van der Waals surface area contributed by atoms with Crippen LogP contribution < -0.4 is 14.8 Å². The van der Waals surface area contributed by atoms with E-state index in [4.69, 9.17) is 32.7 Å². The van der Waals surface area contributed by atoms with E-state index >= 15 is 0 Å². The molecule has 0 aliphatic carbocycles. The molecule has 0 saturated heterocycles. The summed E-state index contributed by atoms with van der Waals surface area (Å²) < 4.78 is 10.5. The summed E-state index contributed by atoms with van der Waals surface area (Å²) in [5.41, 5.74) is 0.382. The normalized spacial score (nSPS) is 11.4. The number of methoxy groups -OCH3 is 1. The lowest BCUT2D eigenvalue weighted by Gasteiger charge is -2.29. The van der Waals surface area contributed by atoms with Crippen LogP contribution in [-0.4, -0.2) is 47.9 Å². The van der Waals surface area contributed by atoms with E-state index < -0.39 is 23.5 Å². The van der Waals surface area contributed by atoms with Gasteiger partial charge < -0.3 is 19.7 Å². The number of nitro groups is 1. The highest BCUT2D eigenvalue weighted by molar-refractivity contribution is 6.35. The first kappa shape index (κ1) is 25.2. The molecular formula is C21H23Cl2N3O6. The number of halogens is 2. The molecule has 0 fully saturated rings. The average molecular weight is 484 g/mol. The summed E-state index contributed by atoms with van der Waals surface area (Å²) in [6, 6.07) is 7.97. The second-order valence-electron chi connectivity index (χ2n) is 6.71. The first-order valence-corrected chi connectivity index (χ1v) is 10.4. The van der Waals surface area contributed by atoms with Crippen molar-refractivity contribution in [3.8, 4) is 11.5 Å². The SMILES string of the molecule is CCNC(=O)C(C)N(Cc1ccc(Cl)cc1Cl)C(=O)COc1ccc([N+](=O)[O-])c(OC)c1. The van der Waals surface area contributed by atoms with Gasteiger partial charge in [0, 0.05) is 35.3 Å². The van der Waals surface area contributed by atoms with Crippen molar-refractivity contribution in [2.45, 2.75) is 26.4 Å². The summed E-state index contributed by atoms with van der Waals surface area (Å²) in [5.74, 6) is -0.605. The molecule has 0 spiro atoms. The van der Waals surface area contributed by atoms with E-state index in [1.165, 1.54) is 30.2 Å². The largest absolute Gasteiger partial charge is 0.490 e. The Hall–Kier alpha value is -3.04. The predicted molar refractivity (Wildman–Crippen MR) is 120 cm³/mol. The smallest absolute Gasteiger partial charge is 0.311 e. The van der Waals surface area contributed by atoms with Crippen molar-refractivity contribution in [3.63, 3.8) is 0 Å². The van der Waals surface area contributed by atoms with E-state index in [2.05, 4.69) is 5.32 Å². The number of ether oxygens (including phenoxy) is 2. The second-order valence-corrected chi connectivity index (χ2v) is 7.55. The molecule has 1 unspecified atom stereocenters. The molecular weight excluding hydrogens is 461 g/mol. The van der Waals surface area contributed by atoms with E-state index in [0.717, 1.165) is 0 Å². The van der Waals surface area contributed by atoms with Crippen LogP contribution in [0.5, 0.6) is 11.5 Å². The van der Waals surface area contributed by atoms with Gasteiger partial charge in [0.1, 0.15) is 11.8 Å². The van der Waals surface area contributed by atoms with Gasteiger partial charge in [0.15, 0.2) is 6.61 Å². The first-order valence-electron chi connectivity index (χ1n) is 9.64. The zero-order chi connectivity index (χ0) is 23.8. The summed E-state index contributed by atoms with van der Waals surface area (Å²) in [6.07, 6.45) is 0. The Bertz CT molecular complexity index is 1000. The highest BCUT2D eigenvalue weighted by Gasteiger charge is 2.27. The first-order chi connectivity index (χ1) is 15.2. The number of hydrogen-bond acceptors (Lipinski definition) is 6. The van der Waals surface area contributed by atoms with Crippen LogP contribution in [0.1, 0.15) is 19.4 Å². The second kappa shape index (κ2) is 11.5. The molecule has 0 heterocycles. The number of nitrogens with zero attached hydrogens (tertiary/aromatic N) is 2. The minimum atomic E-state index is -0.802. The van der Waals surface area contributed by atoms with Gasteiger partial charge in [-0.2, -0.15) is 0 Å². The van der Waals surface area contributed by atoms with Crippen molar-refractivity contribution in [2.75, 3.05) is 20.3 Å². The lowest BCUT2D eigenvalue weighted by Crippen LogP contribution is -2.49. The summed E-state index contributed by atoms with van der Waals surface area (Å²) >= 11 is 12.2. The molecule has 1 atom stereocenters. The van der Waals surface area contributed by atoms with Crippen LogP contribution >= 0.6 is 23.2 Å². The fraction of sp³-hybridized carbons (Fsp3) is 0.333. The quantitative estimate of drug-likeness (QED) is 0.405. The molecule has 32 heavy (non-hydrogen) atoms. The summed E-state index contributed by atoms with van der Waals surface area (Å²) in [7, 11) is 1.29. The summed E-state index contributed by atoms with van der Waals surface area (Å²) in [6.45, 7) is 3.43. The molecule has 172 valence electrons. The number of nitro benzene ring substituents is 1. The van der Waals surface area contributed by atoms with Crippen LogP contribution in [-0.2, 0) is 16.1 Å². The molecule has 0 saturated carbocycles. The lowest BCUT2D eigenvalue weighted by molar-refractivity contribution is -0.385. The molecule has 2 aromatic rings. The minimum absolute atomic E-state index is 0.000410. The van der Waals surface area contributed by atoms with Gasteiger partial charge in [0.25, 0.3) is 5.91 Å². The Morgan fingerprint density at radius 2 is 1.94 bits per heavy atom. The van der Waals surface area contributed by atoms with Crippen LogP contribution in [0.3, 0.4) is 0 Å². The Labute approximate surface area is 195 Å². The number of benzene rings is 2. The zero-order valence-electron chi connectivity index (χ0n) is 17.8. The standard InChI is InChI=1S/C21H23Cl2N3O6/c1-4-24-21(28)13(2)25(11-14-5-6-15(22)9-17(14)23)20(27)12-32-16-7-8-18(26(29)30)19(10-16)31-3/h5-10,13H,4,11-12H2,1-3H3,(H,24,28). The maximum absolute atomic E-state index is 13.0. The molecule has 2 amide bonds. The van der Waals surface area contributed by atoms with Crippen LogP contribution in [0.4, 0.5) is 5.69 Å². The van der Waals surface area contributed by atoms with Crippen LogP contribution in [0.2, 0.25) is 10.0 Å². The number of nitrogens with one attached hydrogen (secondary N) is 1. The molecule has 1 N–H and O–H groups in total. The highest BCUT2D eigenvalue weighted by atomic mass is 35.5. The van der Waals surface area contributed by atoms with Crippen LogP contribution in [0, 0.1) is 10.1 Å². The zero-order valence-corrected chi connectivity index (χ0v) is 19.3. The van der Waals surface area contributed by atoms with Gasteiger partial charge in [-0.25, -0.2) is 0 Å². The molecule has 0 aliphatic rings. The molecule has 9 nitrogen and oxygen atoms in total. The van der Waals surface area contributed by atoms with Gasteiger partial charge in [0.05, 0.1) is 12.0 Å². The van der Waals surface area contributed by atoms with Gasteiger partial charge >= 0.3 is 5.69 Å². The molecule has 0 radical (unpaired) electrons. The highest BCUT2D eigenvalue weighted by Crippen LogP contribution is 2.31. The van der Waals surface area contributed by atoms with Crippen LogP contribution in [0.25, 0.3) is 0 Å². The van der Waals surface area contributed by atoms with Gasteiger partial charge in [-0.3, -0.25) is 19.7 Å². The van der Waals surface area contributed by atoms with E-state index in [1.807, 2.05) is 0 Å². The molecule has 2 aromatic carbocycles. The van der Waals surface area contributed by atoms with Gasteiger partial charge in [0.2, 0.25) is 11.7 Å². The summed E-state index contributed by atoms with van der Waals surface area (Å²) in [4.78, 5) is 37.2. The molecule has 0 aliphatic heterocycles. The monoisotopic (exact) mass is 483 g/mol. The van der Waals surface area contributed by atoms with Crippen LogP contribution in [0.15, 0.2) is 36.4 Å². The molecule has 0 bridgehead atoms. The maximum atomic E-state index is 13.0. The minimum Gasteiger partial charge on any atom is -0.490 e.